The fourth-order valence-corrected chi connectivity index (χ4v) is 6.94. The van der Waals surface area contributed by atoms with E-state index in [1.807, 2.05) is 12.1 Å². The van der Waals surface area contributed by atoms with Gasteiger partial charge >= 0.3 is 0 Å². The maximum absolute atomic E-state index is 6.08. The SMILES string of the molecule is c1ccc2c(c1)c1ccccc1[s+]2-c1ccc(OCc2ccc(OC3CCCCO3)cc2)cc1. The van der Waals surface area contributed by atoms with Gasteiger partial charge in [0.2, 0.25) is 0 Å². The van der Waals surface area contributed by atoms with Crippen LogP contribution in [-0.4, -0.2) is 12.9 Å². The number of benzene rings is 4. The van der Waals surface area contributed by atoms with Crippen LogP contribution in [0.15, 0.2) is 97.1 Å². The fraction of sp³-hybridized carbons (Fsp3) is 0.200. The molecule has 0 radical (unpaired) electrons. The number of thiophene rings is 1. The molecule has 1 fully saturated rings. The van der Waals surface area contributed by atoms with Crippen molar-refractivity contribution in [3.63, 3.8) is 0 Å². The Labute approximate surface area is 202 Å². The first-order valence-corrected chi connectivity index (χ1v) is 13.1. The summed E-state index contributed by atoms with van der Waals surface area (Å²) in [5, 5.41) is 2.70. The van der Waals surface area contributed by atoms with Crippen LogP contribution < -0.4 is 9.47 Å². The monoisotopic (exact) mass is 467 g/mol. The van der Waals surface area contributed by atoms with Crippen LogP contribution in [0.4, 0.5) is 0 Å². The van der Waals surface area contributed by atoms with Crippen LogP contribution in [0.5, 0.6) is 11.5 Å². The van der Waals surface area contributed by atoms with E-state index in [4.69, 9.17) is 14.2 Å². The van der Waals surface area contributed by atoms with Crippen LogP contribution in [0.3, 0.4) is 0 Å². The molecule has 1 unspecified atom stereocenters. The zero-order chi connectivity index (χ0) is 22.7. The summed E-state index contributed by atoms with van der Waals surface area (Å²) >= 11 is 0. The molecule has 1 atom stereocenters. The highest BCUT2D eigenvalue weighted by molar-refractivity contribution is 7.50. The zero-order valence-electron chi connectivity index (χ0n) is 19.0. The highest BCUT2D eigenvalue weighted by Crippen LogP contribution is 2.48. The standard InChI is InChI=1S/C30H27O3S/c1-3-9-28-26(7-1)27-8-2-4-10-29(27)34(28)25-18-16-23(17-19-25)32-21-22-12-14-24(15-13-22)33-30-11-5-6-20-31-30/h1-4,7-10,12-19,30H,5-6,11,20-21H2/q+1. The minimum absolute atomic E-state index is 0.0746. The van der Waals surface area contributed by atoms with E-state index in [9.17, 15) is 0 Å². The maximum atomic E-state index is 6.08. The summed E-state index contributed by atoms with van der Waals surface area (Å²) < 4.78 is 20.5. The van der Waals surface area contributed by atoms with Crippen molar-refractivity contribution < 1.29 is 14.2 Å². The van der Waals surface area contributed by atoms with Crippen LogP contribution in [0, 0.1) is 0 Å². The predicted octanol–water partition coefficient (Wildman–Crippen LogP) is 8.22. The third-order valence-corrected chi connectivity index (χ3v) is 8.63. The van der Waals surface area contributed by atoms with Crippen molar-refractivity contribution in [2.24, 2.45) is 0 Å². The topological polar surface area (TPSA) is 27.7 Å². The Bertz CT molecular complexity index is 1340. The molecule has 4 heteroatoms. The second-order valence-corrected chi connectivity index (χ2v) is 10.6. The Hall–Kier alpha value is -3.34. The van der Waals surface area contributed by atoms with Gasteiger partial charge in [-0.2, -0.15) is 0 Å². The molecule has 0 spiro atoms. The van der Waals surface area contributed by atoms with Crippen LogP contribution >= 0.6 is 10.5 Å². The average Bonchev–Trinajstić information content (AvgIpc) is 3.24. The minimum atomic E-state index is -0.117. The molecular weight excluding hydrogens is 440 g/mol. The Balaban J connectivity index is 1.16. The zero-order valence-corrected chi connectivity index (χ0v) is 19.8. The van der Waals surface area contributed by atoms with Crippen molar-refractivity contribution in [2.75, 3.05) is 6.61 Å². The van der Waals surface area contributed by atoms with Crippen LogP contribution in [-0.2, 0) is 11.3 Å². The quantitative estimate of drug-likeness (QED) is 0.235. The van der Waals surface area contributed by atoms with Gasteiger partial charge in [-0.3, -0.25) is 0 Å². The van der Waals surface area contributed by atoms with Gasteiger partial charge in [0, 0.05) is 39.8 Å². The molecule has 0 bridgehead atoms. The van der Waals surface area contributed by atoms with Gasteiger partial charge in [-0.15, -0.1) is 0 Å². The lowest BCUT2D eigenvalue weighted by Crippen LogP contribution is -2.24. The van der Waals surface area contributed by atoms with Gasteiger partial charge in [0.15, 0.2) is 20.6 Å². The summed E-state index contributed by atoms with van der Waals surface area (Å²) in [7, 11) is -0.0746. The summed E-state index contributed by atoms with van der Waals surface area (Å²) in [5.74, 6) is 1.72. The second kappa shape index (κ2) is 9.49. The van der Waals surface area contributed by atoms with Crippen LogP contribution in [0.25, 0.3) is 25.1 Å². The highest BCUT2D eigenvalue weighted by atomic mass is 32.2. The molecule has 3 nitrogen and oxygen atoms in total. The first-order valence-electron chi connectivity index (χ1n) is 11.9. The van der Waals surface area contributed by atoms with E-state index in [1.165, 1.54) is 25.1 Å². The molecule has 0 saturated carbocycles. The molecule has 1 aliphatic rings. The van der Waals surface area contributed by atoms with Crippen molar-refractivity contribution in [3.8, 4) is 16.4 Å². The van der Waals surface area contributed by atoms with Gasteiger partial charge in [-0.05, 0) is 66.9 Å². The lowest BCUT2D eigenvalue weighted by atomic mass is 10.2. The maximum Gasteiger partial charge on any atom is 0.199 e. The molecular formula is C30H27O3S+. The molecule has 1 saturated heterocycles. The van der Waals surface area contributed by atoms with E-state index in [-0.39, 0.29) is 16.8 Å². The Morgan fingerprint density at radius 1 is 0.706 bits per heavy atom. The normalized spacial score (nSPS) is 16.1. The summed E-state index contributed by atoms with van der Waals surface area (Å²) in [6, 6.07) is 34.2. The van der Waals surface area contributed by atoms with Crippen molar-refractivity contribution in [3.05, 3.63) is 103 Å². The Morgan fingerprint density at radius 2 is 1.35 bits per heavy atom. The highest BCUT2D eigenvalue weighted by Gasteiger charge is 2.23. The molecule has 0 N–H and O–H groups in total. The van der Waals surface area contributed by atoms with Crippen molar-refractivity contribution >= 4 is 30.6 Å². The number of fused-ring (bicyclic) bond motifs is 3. The predicted molar refractivity (Wildman–Crippen MR) is 140 cm³/mol. The van der Waals surface area contributed by atoms with Crippen molar-refractivity contribution in [1.29, 1.82) is 0 Å². The van der Waals surface area contributed by atoms with E-state index in [0.29, 0.717) is 6.61 Å². The molecule has 6 rings (SSSR count). The van der Waals surface area contributed by atoms with Gasteiger partial charge in [-0.25, -0.2) is 0 Å². The average molecular weight is 468 g/mol. The smallest absolute Gasteiger partial charge is 0.199 e. The summed E-state index contributed by atoms with van der Waals surface area (Å²) in [6.45, 7) is 1.31. The lowest BCUT2D eigenvalue weighted by molar-refractivity contribution is -0.105. The summed E-state index contributed by atoms with van der Waals surface area (Å²) in [5.41, 5.74) is 1.11. The number of hydrogen-bond donors (Lipinski definition) is 0. The van der Waals surface area contributed by atoms with Crippen molar-refractivity contribution in [1.82, 2.24) is 0 Å². The first-order chi connectivity index (χ1) is 16.8. The fourth-order valence-electron chi connectivity index (χ4n) is 4.57. The van der Waals surface area contributed by atoms with Gasteiger partial charge in [0.25, 0.3) is 0 Å². The molecule has 4 aromatic carbocycles. The Morgan fingerprint density at radius 3 is 2.00 bits per heavy atom. The lowest BCUT2D eigenvalue weighted by Gasteiger charge is -2.23. The largest absolute Gasteiger partial charge is 0.489 e. The van der Waals surface area contributed by atoms with Crippen LogP contribution in [0.1, 0.15) is 24.8 Å². The van der Waals surface area contributed by atoms with Gasteiger partial charge < -0.3 is 14.2 Å². The Kier molecular flexibility index (Phi) is 5.92. The molecule has 0 aliphatic carbocycles. The van der Waals surface area contributed by atoms with Crippen molar-refractivity contribution in [2.45, 2.75) is 32.2 Å². The van der Waals surface area contributed by atoms with E-state index in [2.05, 4.69) is 84.9 Å². The molecule has 5 aromatic rings. The molecule has 1 aromatic heterocycles. The first kappa shape index (κ1) is 21.2. The molecule has 1 aliphatic heterocycles. The number of hydrogen-bond acceptors (Lipinski definition) is 3. The third kappa shape index (κ3) is 4.27. The van der Waals surface area contributed by atoms with E-state index < -0.39 is 0 Å². The third-order valence-electron chi connectivity index (χ3n) is 6.30. The van der Waals surface area contributed by atoms with E-state index >= 15 is 0 Å². The van der Waals surface area contributed by atoms with E-state index in [0.717, 1.165) is 42.9 Å². The number of rotatable bonds is 6. The summed E-state index contributed by atoms with van der Waals surface area (Å²) in [4.78, 5) is 1.32. The molecule has 0 amide bonds. The van der Waals surface area contributed by atoms with E-state index in [1.54, 1.807) is 0 Å². The second-order valence-electron chi connectivity index (χ2n) is 8.62. The van der Waals surface area contributed by atoms with Gasteiger partial charge in [0.05, 0.1) is 6.61 Å². The number of ether oxygens (including phenoxy) is 3. The molecule has 170 valence electrons. The van der Waals surface area contributed by atoms with Gasteiger partial charge in [0.1, 0.15) is 18.1 Å². The summed E-state index contributed by atoms with van der Waals surface area (Å²) in [6.07, 6.45) is 3.13. The van der Waals surface area contributed by atoms with Gasteiger partial charge in [-0.1, -0.05) is 36.4 Å². The molecule has 2 heterocycles. The molecule has 34 heavy (non-hydrogen) atoms. The minimum Gasteiger partial charge on any atom is -0.489 e. The van der Waals surface area contributed by atoms with Crippen LogP contribution in [0.2, 0.25) is 0 Å².